The maximum atomic E-state index is 12.5. The first kappa shape index (κ1) is 12.3. The van der Waals surface area contributed by atoms with E-state index in [4.69, 9.17) is 0 Å². The molecule has 0 saturated heterocycles. The minimum Gasteiger partial charge on any atom is -0.328 e. The van der Waals surface area contributed by atoms with Crippen LogP contribution in [-0.2, 0) is 4.79 Å². The Morgan fingerprint density at radius 1 is 1.24 bits per heavy atom. The average Bonchev–Trinajstić information content (AvgIpc) is 2.94. The molecule has 4 rings (SSSR count). The Kier molecular flexibility index (Phi) is 2.67. The minimum absolute atomic E-state index is 0.160. The Labute approximate surface area is 122 Å². The van der Waals surface area contributed by atoms with Crippen LogP contribution in [0.5, 0.6) is 0 Å². The van der Waals surface area contributed by atoms with Crippen LogP contribution in [0.15, 0.2) is 41.9 Å². The van der Waals surface area contributed by atoms with Crippen molar-refractivity contribution in [3.63, 3.8) is 0 Å². The summed E-state index contributed by atoms with van der Waals surface area (Å²) in [5, 5.41) is 7.59. The number of aromatic nitrogens is 3. The topological polar surface area (TPSA) is 59.8 Å². The molecule has 106 valence electrons. The third-order valence-electron chi connectivity index (χ3n) is 4.20. The molecule has 0 radical (unpaired) electrons. The van der Waals surface area contributed by atoms with Gasteiger partial charge in [-0.25, -0.2) is 4.68 Å². The maximum absolute atomic E-state index is 12.5. The summed E-state index contributed by atoms with van der Waals surface area (Å²) in [5.41, 5.74) is 4.15. The third-order valence-corrected chi connectivity index (χ3v) is 4.20. The number of nitrogens with zero attached hydrogens (tertiary/aromatic N) is 3. The number of allylic oxidation sites excluding steroid dienone is 2. The zero-order chi connectivity index (χ0) is 14.4. The Morgan fingerprint density at radius 3 is 2.86 bits per heavy atom. The highest BCUT2D eigenvalue weighted by Crippen LogP contribution is 2.39. The summed E-state index contributed by atoms with van der Waals surface area (Å²) in [7, 11) is 0. The van der Waals surface area contributed by atoms with E-state index in [9.17, 15) is 4.79 Å². The number of nitrogens with one attached hydrogen (secondary N) is 1. The molecule has 1 atom stereocenters. The van der Waals surface area contributed by atoms with Crippen LogP contribution < -0.4 is 5.32 Å². The van der Waals surface area contributed by atoms with Gasteiger partial charge in [-0.2, -0.15) is 10.1 Å². The zero-order valence-corrected chi connectivity index (χ0v) is 11.8. The molecule has 1 aliphatic heterocycles. The number of hydrogen-bond donors (Lipinski definition) is 1. The van der Waals surface area contributed by atoms with E-state index in [0.717, 1.165) is 29.7 Å². The molecule has 1 aromatic carbocycles. The molecule has 1 aliphatic carbocycles. The van der Waals surface area contributed by atoms with Crippen LogP contribution in [0.4, 0.5) is 5.95 Å². The normalized spacial score (nSPS) is 20.8. The van der Waals surface area contributed by atoms with Crippen LogP contribution in [0.2, 0.25) is 0 Å². The molecule has 0 amide bonds. The molecule has 0 saturated carbocycles. The second-order valence-corrected chi connectivity index (χ2v) is 5.64. The van der Waals surface area contributed by atoms with Gasteiger partial charge in [-0.05, 0) is 25.3 Å². The molecule has 5 nitrogen and oxygen atoms in total. The van der Waals surface area contributed by atoms with Crippen LogP contribution in [0.3, 0.4) is 0 Å². The van der Waals surface area contributed by atoms with Gasteiger partial charge in [0.2, 0.25) is 5.95 Å². The summed E-state index contributed by atoms with van der Waals surface area (Å²) in [4.78, 5) is 16.7. The standard InChI is InChI=1S/C16H16N4O/c1-10-5-7-11(8-6-10)15-14-12(3-2-4-13(14)21)19-16-17-9-18-20(15)16/h5-9,15H,2-4H2,1H3,(H,17,18,19)/t15-/m1/s1. The van der Waals surface area contributed by atoms with Crippen LogP contribution in [0.1, 0.15) is 36.4 Å². The predicted octanol–water partition coefficient (Wildman–Crippen LogP) is 2.61. The highest BCUT2D eigenvalue weighted by atomic mass is 16.1. The molecule has 0 bridgehead atoms. The van der Waals surface area contributed by atoms with Crippen molar-refractivity contribution in [3.8, 4) is 0 Å². The van der Waals surface area contributed by atoms with Gasteiger partial charge in [0.05, 0.1) is 0 Å². The van der Waals surface area contributed by atoms with Gasteiger partial charge in [0, 0.05) is 17.7 Å². The first-order valence-electron chi connectivity index (χ1n) is 7.23. The lowest BCUT2D eigenvalue weighted by Crippen LogP contribution is -2.31. The lowest BCUT2D eigenvalue weighted by Gasteiger charge is -2.32. The van der Waals surface area contributed by atoms with E-state index in [-0.39, 0.29) is 11.8 Å². The van der Waals surface area contributed by atoms with Gasteiger partial charge in [-0.15, -0.1) is 0 Å². The number of anilines is 1. The number of benzene rings is 1. The van der Waals surface area contributed by atoms with Crippen molar-refractivity contribution in [3.05, 3.63) is 53.0 Å². The lowest BCUT2D eigenvalue weighted by molar-refractivity contribution is -0.116. The van der Waals surface area contributed by atoms with Crippen molar-refractivity contribution in [1.29, 1.82) is 0 Å². The second kappa shape index (κ2) is 4.55. The van der Waals surface area contributed by atoms with Gasteiger partial charge in [0.25, 0.3) is 0 Å². The van der Waals surface area contributed by atoms with Gasteiger partial charge in [0.1, 0.15) is 12.4 Å². The number of rotatable bonds is 1. The highest BCUT2D eigenvalue weighted by molar-refractivity contribution is 5.99. The first-order chi connectivity index (χ1) is 10.2. The molecule has 0 spiro atoms. The number of hydrogen-bond acceptors (Lipinski definition) is 4. The molecule has 21 heavy (non-hydrogen) atoms. The molecule has 1 N–H and O–H groups in total. The first-order valence-corrected chi connectivity index (χ1v) is 7.23. The molecule has 0 fully saturated rings. The number of fused-ring (bicyclic) bond motifs is 1. The molecule has 2 aromatic rings. The summed E-state index contributed by atoms with van der Waals surface area (Å²) in [6, 6.07) is 8.13. The second-order valence-electron chi connectivity index (χ2n) is 5.64. The summed E-state index contributed by atoms with van der Waals surface area (Å²) in [6.45, 7) is 2.06. The van der Waals surface area contributed by atoms with E-state index in [0.29, 0.717) is 12.4 Å². The molecule has 5 heteroatoms. The predicted molar refractivity (Wildman–Crippen MR) is 78.8 cm³/mol. The van der Waals surface area contributed by atoms with Gasteiger partial charge in [-0.3, -0.25) is 4.79 Å². The van der Waals surface area contributed by atoms with Crippen molar-refractivity contribution >= 4 is 11.7 Å². The number of Topliss-reactive ketones (excluding diaryl/α,β-unsaturated/α-hetero) is 1. The molecule has 1 aromatic heterocycles. The fourth-order valence-electron chi connectivity index (χ4n) is 3.15. The summed E-state index contributed by atoms with van der Waals surface area (Å²) < 4.78 is 1.81. The van der Waals surface area contributed by atoms with Crippen LogP contribution >= 0.6 is 0 Å². The fraction of sp³-hybridized carbons (Fsp3) is 0.312. The van der Waals surface area contributed by atoms with Crippen LogP contribution in [0, 0.1) is 6.92 Å². The maximum Gasteiger partial charge on any atom is 0.226 e. The fourth-order valence-corrected chi connectivity index (χ4v) is 3.15. The number of aryl methyl sites for hydroxylation is 1. The molecule has 2 aliphatic rings. The van der Waals surface area contributed by atoms with E-state index in [2.05, 4.69) is 46.6 Å². The Morgan fingerprint density at radius 2 is 2.05 bits per heavy atom. The van der Waals surface area contributed by atoms with Gasteiger partial charge >= 0.3 is 0 Å². The van der Waals surface area contributed by atoms with Gasteiger partial charge in [0.15, 0.2) is 5.78 Å². The lowest BCUT2D eigenvalue weighted by atomic mass is 9.85. The minimum atomic E-state index is -0.160. The van der Waals surface area contributed by atoms with E-state index in [1.54, 1.807) is 0 Å². The van der Waals surface area contributed by atoms with E-state index in [1.807, 2.05) is 4.68 Å². The number of ketones is 1. The van der Waals surface area contributed by atoms with Crippen molar-refractivity contribution in [2.24, 2.45) is 0 Å². The molecule has 2 heterocycles. The summed E-state index contributed by atoms with van der Waals surface area (Å²) in [6.07, 6.45) is 3.95. The van der Waals surface area contributed by atoms with Crippen molar-refractivity contribution in [2.45, 2.75) is 32.2 Å². The molecular formula is C16H16N4O. The molecule has 0 unspecified atom stereocenters. The summed E-state index contributed by atoms with van der Waals surface area (Å²) >= 11 is 0. The van der Waals surface area contributed by atoms with E-state index in [1.165, 1.54) is 11.9 Å². The highest BCUT2D eigenvalue weighted by Gasteiger charge is 2.35. The van der Waals surface area contributed by atoms with E-state index < -0.39 is 0 Å². The van der Waals surface area contributed by atoms with Crippen molar-refractivity contribution < 1.29 is 4.79 Å². The van der Waals surface area contributed by atoms with Gasteiger partial charge in [-0.1, -0.05) is 29.8 Å². The number of carbonyl (C=O) groups is 1. The van der Waals surface area contributed by atoms with Crippen molar-refractivity contribution in [2.75, 3.05) is 5.32 Å². The SMILES string of the molecule is Cc1ccc([C@@H]2C3=C(CCCC3=O)Nc3ncnn32)cc1. The number of carbonyl (C=O) groups excluding carboxylic acids is 1. The Bertz CT molecular complexity index is 742. The van der Waals surface area contributed by atoms with Crippen LogP contribution in [0.25, 0.3) is 0 Å². The Hall–Kier alpha value is -2.43. The Balaban J connectivity index is 1.91. The smallest absolute Gasteiger partial charge is 0.226 e. The van der Waals surface area contributed by atoms with Crippen molar-refractivity contribution in [1.82, 2.24) is 14.8 Å². The molecular weight excluding hydrogens is 264 g/mol. The van der Waals surface area contributed by atoms with E-state index >= 15 is 0 Å². The monoisotopic (exact) mass is 280 g/mol. The summed E-state index contributed by atoms with van der Waals surface area (Å²) in [5.74, 6) is 0.935. The average molecular weight is 280 g/mol. The largest absolute Gasteiger partial charge is 0.328 e. The quantitative estimate of drug-likeness (QED) is 0.872. The third kappa shape index (κ3) is 1.88. The zero-order valence-electron chi connectivity index (χ0n) is 11.8. The van der Waals surface area contributed by atoms with Crippen LogP contribution in [-0.4, -0.2) is 20.5 Å². The van der Waals surface area contributed by atoms with Gasteiger partial charge < -0.3 is 5.32 Å².